The summed E-state index contributed by atoms with van der Waals surface area (Å²) in [6.07, 6.45) is -1.94. The van der Waals surface area contributed by atoms with E-state index in [0.717, 1.165) is 0 Å². The molecule has 0 bridgehead atoms. The van der Waals surface area contributed by atoms with E-state index in [9.17, 15) is 13.6 Å². The number of carbonyl (C=O) groups excluding carboxylic acids is 1. The summed E-state index contributed by atoms with van der Waals surface area (Å²) in [6.45, 7) is -0.167. The summed E-state index contributed by atoms with van der Waals surface area (Å²) < 4.78 is 27.1. The molecule has 0 saturated carbocycles. The van der Waals surface area contributed by atoms with E-state index < -0.39 is 13.0 Å². The molecule has 1 N–H and O–H groups in total. The first-order valence-electron chi connectivity index (χ1n) is 2.80. The van der Waals surface area contributed by atoms with Crippen molar-refractivity contribution in [2.75, 3.05) is 19.8 Å². The minimum atomic E-state index is -2.43. The Morgan fingerprint density at radius 3 is 2.80 bits per heavy atom. The van der Waals surface area contributed by atoms with E-state index in [2.05, 4.69) is 10.1 Å². The molecule has 0 aromatic carbocycles. The zero-order valence-corrected chi connectivity index (χ0v) is 5.35. The Morgan fingerprint density at radius 1 is 1.60 bits per heavy atom. The first-order valence-corrected chi connectivity index (χ1v) is 2.80. The van der Waals surface area contributed by atoms with Crippen LogP contribution >= 0.6 is 0 Å². The van der Waals surface area contributed by atoms with E-state index in [1.54, 1.807) is 0 Å². The SMILES string of the molecule is O=CNCCOCC(F)F. The van der Waals surface area contributed by atoms with Crippen molar-refractivity contribution in [1.82, 2.24) is 5.32 Å². The molecule has 0 rings (SSSR count). The molecule has 0 aromatic heterocycles. The first-order chi connectivity index (χ1) is 4.77. The highest BCUT2D eigenvalue weighted by Gasteiger charge is 1.99. The van der Waals surface area contributed by atoms with Gasteiger partial charge in [0.25, 0.3) is 6.43 Å². The summed E-state index contributed by atoms with van der Waals surface area (Å²) in [4.78, 5) is 9.59. The summed E-state index contributed by atoms with van der Waals surface area (Å²) in [5.41, 5.74) is 0. The Balaban J connectivity index is 2.83. The van der Waals surface area contributed by atoms with Gasteiger partial charge in [0.15, 0.2) is 0 Å². The van der Waals surface area contributed by atoms with Crippen LogP contribution in [0.25, 0.3) is 0 Å². The van der Waals surface area contributed by atoms with Crippen molar-refractivity contribution in [2.24, 2.45) is 0 Å². The van der Waals surface area contributed by atoms with Gasteiger partial charge in [0.05, 0.1) is 6.61 Å². The van der Waals surface area contributed by atoms with Gasteiger partial charge in [-0.25, -0.2) is 8.78 Å². The molecule has 0 heterocycles. The summed E-state index contributed by atoms with van der Waals surface area (Å²) >= 11 is 0. The van der Waals surface area contributed by atoms with Gasteiger partial charge >= 0.3 is 0 Å². The van der Waals surface area contributed by atoms with Crippen molar-refractivity contribution in [2.45, 2.75) is 6.43 Å². The van der Waals surface area contributed by atoms with Gasteiger partial charge in [-0.1, -0.05) is 0 Å². The molecule has 10 heavy (non-hydrogen) atoms. The van der Waals surface area contributed by atoms with E-state index in [-0.39, 0.29) is 13.2 Å². The van der Waals surface area contributed by atoms with Crippen molar-refractivity contribution in [3.05, 3.63) is 0 Å². The highest BCUT2D eigenvalue weighted by molar-refractivity contribution is 5.45. The molecule has 1 amide bonds. The fourth-order valence-corrected chi connectivity index (χ4v) is 0.362. The number of nitrogens with one attached hydrogen (secondary N) is 1. The number of hydrogen-bond donors (Lipinski definition) is 1. The fraction of sp³-hybridized carbons (Fsp3) is 0.800. The molecule has 0 spiro atoms. The van der Waals surface area contributed by atoms with Crippen LogP contribution in [0.15, 0.2) is 0 Å². The number of ether oxygens (including phenoxy) is 1. The lowest BCUT2D eigenvalue weighted by Gasteiger charge is -2.00. The van der Waals surface area contributed by atoms with Crippen LogP contribution in [0.3, 0.4) is 0 Å². The highest BCUT2D eigenvalue weighted by atomic mass is 19.3. The lowest BCUT2D eigenvalue weighted by Crippen LogP contribution is -2.19. The molecule has 0 atom stereocenters. The molecule has 5 heteroatoms. The number of halogens is 2. The Labute approximate surface area is 57.4 Å². The number of rotatable bonds is 6. The first kappa shape index (κ1) is 9.29. The fourth-order valence-electron chi connectivity index (χ4n) is 0.362. The maximum absolute atomic E-state index is 11.3. The maximum Gasteiger partial charge on any atom is 0.261 e. The summed E-state index contributed by atoms with van der Waals surface area (Å²) in [5.74, 6) is 0. The molecule has 0 aliphatic carbocycles. The van der Waals surface area contributed by atoms with Gasteiger partial charge < -0.3 is 10.1 Å². The Morgan fingerprint density at radius 2 is 2.30 bits per heavy atom. The van der Waals surface area contributed by atoms with Crippen molar-refractivity contribution >= 4 is 6.41 Å². The third-order valence-corrected chi connectivity index (χ3v) is 0.718. The average molecular weight is 153 g/mol. The topological polar surface area (TPSA) is 38.3 Å². The van der Waals surface area contributed by atoms with Crippen LogP contribution in [0.1, 0.15) is 0 Å². The third kappa shape index (κ3) is 7.29. The third-order valence-electron chi connectivity index (χ3n) is 0.718. The van der Waals surface area contributed by atoms with Gasteiger partial charge in [-0.05, 0) is 0 Å². The van der Waals surface area contributed by atoms with E-state index in [0.29, 0.717) is 6.41 Å². The monoisotopic (exact) mass is 153 g/mol. The van der Waals surface area contributed by atoms with Crippen LogP contribution in [-0.2, 0) is 9.53 Å². The number of alkyl halides is 2. The second kappa shape index (κ2) is 6.41. The molecule has 0 saturated heterocycles. The Kier molecular flexibility index (Phi) is 5.96. The van der Waals surface area contributed by atoms with E-state index in [1.165, 1.54) is 0 Å². The Hall–Kier alpha value is -0.710. The quantitative estimate of drug-likeness (QED) is 0.431. The van der Waals surface area contributed by atoms with E-state index in [1.807, 2.05) is 0 Å². The van der Waals surface area contributed by atoms with Crippen molar-refractivity contribution in [3.63, 3.8) is 0 Å². The van der Waals surface area contributed by atoms with Gasteiger partial charge in [-0.15, -0.1) is 0 Å². The Bertz CT molecular complexity index is 89.7. The predicted molar refractivity (Wildman–Crippen MR) is 30.9 cm³/mol. The normalized spacial score (nSPS) is 9.90. The number of hydrogen-bond acceptors (Lipinski definition) is 2. The number of amides is 1. The minimum Gasteiger partial charge on any atom is -0.374 e. The number of carbonyl (C=O) groups is 1. The van der Waals surface area contributed by atoms with Crippen LogP contribution in [0.4, 0.5) is 8.78 Å². The van der Waals surface area contributed by atoms with Gasteiger partial charge in [0.1, 0.15) is 6.61 Å². The van der Waals surface area contributed by atoms with Gasteiger partial charge in [0.2, 0.25) is 6.41 Å². The molecule has 0 aliphatic heterocycles. The van der Waals surface area contributed by atoms with Gasteiger partial charge in [0, 0.05) is 6.54 Å². The molecule has 0 aliphatic rings. The van der Waals surface area contributed by atoms with E-state index in [4.69, 9.17) is 0 Å². The second-order valence-electron chi connectivity index (χ2n) is 1.54. The predicted octanol–water partition coefficient (Wildman–Crippen LogP) is 0.0141. The van der Waals surface area contributed by atoms with Crippen LogP contribution < -0.4 is 5.32 Å². The van der Waals surface area contributed by atoms with Crippen LogP contribution in [0.5, 0.6) is 0 Å². The average Bonchev–Trinajstić information content (AvgIpc) is 1.87. The smallest absolute Gasteiger partial charge is 0.261 e. The van der Waals surface area contributed by atoms with Gasteiger partial charge in [-0.2, -0.15) is 0 Å². The van der Waals surface area contributed by atoms with Crippen LogP contribution in [0.2, 0.25) is 0 Å². The summed E-state index contributed by atoms with van der Waals surface area (Å²) in [7, 11) is 0. The summed E-state index contributed by atoms with van der Waals surface area (Å²) in [6, 6.07) is 0. The maximum atomic E-state index is 11.3. The van der Waals surface area contributed by atoms with Crippen molar-refractivity contribution in [1.29, 1.82) is 0 Å². The zero-order chi connectivity index (χ0) is 7.82. The molecule has 0 unspecified atom stereocenters. The molecule has 60 valence electrons. The molecular formula is C5H9F2NO2. The molecule has 3 nitrogen and oxygen atoms in total. The van der Waals surface area contributed by atoms with E-state index >= 15 is 0 Å². The van der Waals surface area contributed by atoms with Crippen LogP contribution in [-0.4, -0.2) is 32.6 Å². The zero-order valence-electron chi connectivity index (χ0n) is 5.35. The second-order valence-corrected chi connectivity index (χ2v) is 1.54. The van der Waals surface area contributed by atoms with Crippen molar-refractivity contribution < 1.29 is 18.3 Å². The van der Waals surface area contributed by atoms with Crippen LogP contribution in [0, 0.1) is 0 Å². The lowest BCUT2D eigenvalue weighted by atomic mass is 10.7. The highest BCUT2D eigenvalue weighted by Crippen LogP contribution is 1.90. The molecule has 0 aromatic rings. The molecular weight excluding hydrogens is 144 g/mol. The largest absolute Gasteiger partial charge is 0.374 e. The summed E-state index contributed by atoms with van der Waals surface area (Å²) in [5, 5.41) is 2.27. The standard InChI is InChI=1S/C5H9F2NO2/c6-5(7)3-10-2-1-8-4-9/h4-5H,1-3H2,(H,8,9). The molecule has 0 fully saturated rings. The minimum absolute atomic E-state index is 0.128. The molecule has 0 radical (unpaired) electrons. The van der Waals surface area contributed by atoms with Gasteiger partial charge in [-0.3, -0.25) is 4.79 Å². The van der Waals surface area contributed by atoms with Crippen molar-refractivity contribution in [3.8, 4) is 0 Å². The lowest BCUT2D eigenvalue weighted by molar-refractivity contribution is -0.109.